The number of para-hydroxylation sites is 1. The van der Waals surface area contributed by atoms with Gasteiger partial charge in [0.15, 0.2) is 9.84 Å². The summed E-state index contributed by atoms with van der Waals surface area (Å²) in [7, 11) is -3.25. The van der Waals surface area contributed by atoms with E-state index in [-0.39, 0.29) is 6.10 Å². The van der Waals surface area contributed by atoms with Crippen LogP contribution in [-0.4, -0.2) is 34.0 Å². The summed E-state index contributed by atoms with van der Waals surface area (Å²) < 4.78 is 29.3. The van der Waals surface area contributed by atoms with E-state index < -0.39 is 9.84 Å². The summed E-state index contributed by atoms with van der Waals surface area (Å²) >= 11 is 1.56. The normalized spacial score (nSPS) is 20.0. The molecule has 2 aliphatic rings. The molecule has 0 amide bonds. The maximum absolute atomic E-state index is 11.9. The van der Waals surface area contributed by atoms with E-state index in [4.69, 9.17) is 9.57 Å². The number of sulfone groups is 1. The average molecular weight is 377 g/mol. The Morgan fingerprint density at radius 2 is 1.96 bits per heavy atom. The molecule has 132 valence electrons. The van der Waals surface area contributed by atoms with Gasteiger partial charge in [-0.05, 0) is 43.2 Å². The Kier molecular flexibility index (Phi) is 4.49. The van der Waals surface area contributed by atoms with Crippen molar-refractivity contribution in [3.05, 3.63) is 42.5 Å². The molecule has 0 aliphatic carbocycles. The van der Waals surface area contributed by atoms with E-state index in [1.54, 1.807) is 23.9 Å². The number of fused-ring (bicyclic) bond motifs is 2. The van der Waals surface area contributed by atoms with Crippen molar-refractivity contribution in [2.75, 3.05) is 24.5 Å². The van der Waals surface area contributed by atoms with Crippen LogP contribution in [0.2, 0.25) is 0 Å². The molecular weight excluding hydrogens is 358 g/mol. The minimum atomic E-state index is -3.25. The zero-order chi connectivity index (χ0) is 17.4. The lowest BCUT2D eigenvalue weighted by molar-refractivity contribution is -0.0510. The maximum Gasteiger partial charge on any atom is 0.175 e. The fraction of sp³-hybridized carbons (Fsp3) is 0.333. The number of rotatable bonds is 3. The molecule has 2 aromatic carbocycles. The molecule has 25 heavy (non-hydrogen) atoms. The molecular formula is C18H19NO4S2. The van der Waals surface area contributed by atoms with Gasteiger partial charge < -0.3 is 4.74 Å². The Morgan fingerprint density at radius 3 is 2.72 bits per heavy atom. The van der Waals surface area contributed by atoms with Crippen LogP contribution in [0, 0.1) is 0 Å². The van der Waals surface area contributed by atoms with Gasteiger partial charge in [0.05, 0.1) is 22.9 Å². The molecule has 1 saturated heterocycles. The highest BCUT2D eigenvalue weighted by Crippen LogP contribution is 2.49. The second kappa shape index (κ2) is 6.64. The van der Waals surface area contributed by atoms with Crippen molar-refractivity contribution in [3.63, 3.8) is 0 Å². The third-order valence-corrected chi connectivity index (χ3v) is 6.48. The molecule has 0 bridgehead atoms. The van der Waals surface area contributed by atoms with Gasteiger partial charge in [-0.25, -0.2) is 13.5 Å². The predicted molar refractivity (Wildman–Crippen MR) is 97.2 cm³/mol. The largest absolute Gasteiger partial charge is 0.379 e. The fourth-order valence-corrected chi connectivity index (χ4v) is 4.79. The third kappa shape index (κ3) is 3.42. The van der Waals surface area contributed by atoms with Crippen LogP contribution < -0.4 is 5.06 Å². The first kappa shape index (κ1) is 16.9. The van der Waals surface area contributed by atoms with Crippen LogP contribution in [0.4, 0.5) is 11.4 Å². The van der Waals surface area contributed by atoms with Crippen molar-refractivity contribution in [2.45, 2.75) is 33.6 Å². The minimum absolute atomic E-state index is 0.00709. The van der Waals surface area contributed by atoms with Gasteiger partial charge in [-0.3, -0.25) is 4.84 Å². The Hall–Kier alpha value is -1.54. The lowest BCUT2D eigenvalue weighted by Gasteiger charge is -2.35. The fourth-order valence-electron chi connectivity index (χ4n) is 2.99. The molecule has 4 rings (SSSR count). The van der Waals surface area contributed by atoms with Crippen molar-refractivity contribution in [1.29, 1.82) is 0 Å². The summed E-state index contributed by atoms with van der Waals surface area (Å²) in [5, 5.41) is 1.83. The standard InChI is InChI=1S/C18H19NO4S2/c1-25(20,21)14-8-9-16-18(11-14)24-17-7-3-2-6-15(17)19(16)23-13-5-4-10-22-12-13/h2-3,6-9,11,13H,4-5,10,12H2,1H3. The Bertz CT molecular complexity index is 892. The summed E-state index contributed by atoms with van der Waals surface area (Å²) in [6.07, 6.45) is 3.15. The molecule has 2 heterocycles. The second-order valence-electron chi connectivity index (χ2n) is 6.21. The lowest BCUT2D eigenvalue weighted by Crippen LogP contribution is -2.33. The molecule has 0 saturated carbocycles. The lowest BCUT2D eigenvalue weighted by atomic mass is 10.2. The van der Waals surface area contributed by atoms with Gasteiger partial charge >= 0.3 is 0 Å². The van der Waals surface area contributed by atoms with Crippen LogP contribution in [-0.2, 0) is 19.4 Å². The maximum atomic E-state index is 11.9. The molecule has 1 unspecified atom stereocenters. The Labute approximate surface area is 151 Å². The van der Waals surface area contributed by atoms with Gasteiger partial charge in [0.1, 0.15) is 6.10 Å². The monoisotopic (exact) mass is 377 g/mol. The van der Waals surface area contributed by atoms with E-state index >= 15 is 0 Å². The summed E-state index contributed by atoms with van der Waals surface area (Å²) in [5.41, 5.74) is 1.83. The predicted octanol–water partition coefficient (Wildman–Crippen LogP) is 3.80. The molecule has 5 nitrogen and oxygen atoms in total. The average Bonchev–Trinajstić information content (AvgIpc) is 2.61. The molecule has 1 fully saturated rings. The van der Waals surface area contributed by atoms with Crippen LogP contribution in [0.15, 0.2) is 57.2 Å². The van der Waals surface area contributed by atoms with Crippen LogP contribution in [0.1, 0.15) is 12.8 Å². The zero-order valence-corrected chi connectivity index (χ0v) is 15.5. The molecule has 7 heteroatoms. The van der Waals surface area contributed by atoms with Gasteiger partial charge in [-0.1, -0.05) is 23.9 Å². The van der Waals surface area contributed by atoms with Gasteiger partial charge in [0.25, 0.3) is 0 Å². The Morgan fingerprint density at radius 1 is 1.16 bits per heavy atom. The molecule has 2 aromatic rings. The van der Waals surface area contributed by atoms with Gasteiger partial charge in [-0.2, -0.15) is 0 Å². The number of benzene rings is 2. The van der Waals surface area contributed by atoms with Crippen molar-refractivity contribution in [2.24, 2.45) is 0 Å². The summed E-state index contributed by atoms with van der Waals surface area (Å²) in [5.74, 6) is 0. The number of hydrogen-bond donors (Lipinski definition) is 0. The quantitative estimate of drug-likeness (QED) is 0.811. The first-order valence-corrected chi connectivity index (χ1v) is 10.9. The van der Waals surface area contributed by atoms with E-state index in [0.717, 1.165) is 40.6 Å². The zero-order valence-electron chi connectivity index (χ0n) is 13.8. The van der Waals surface area contributed by atoms with Gasteiger partial charge in [0, 0.05) is 22.7 Å². The Balaban J connectivity index is 1.75. The minimum Gasteiger partial charge on any atom is -0.379 e. The van der Waals surface area contributed by atoms with E-state index in [1.807, 2.05) is 35.4 Å². The first-order valence-electron chi connectivity index (χ1n) is 8.18. The molecule has 1 atom stereocenters. The smallest absolute Gasteiger partial charge is 0.175 e. The summed E-state index contributed by atoms with van der Waals surface area (Å²) in [6.45, 7) is 1.35. The summed E-state index contributed by atoms with van der Waals surface area (Å²) in [6, 6.07) is 13.2. The van der Waals surface area contributed by atoms with Crippen molar-refractivity contribution < 1.29 is 18.0 Å². The van der Waals surface area contributed by atoms with E-state index in [9.17, 15) is 8.42 Å². The van der Waals surface area contributed by atoms with E-state index in [0.29, 0.717) is 11.5 Å². The molecule has 0 radical (unpaired) electrons. The number of ether oxygens (including phenoxy) is 1. The molecule has 0 spiro atoms. The SMILES string of the molecule is CS(=O)(=O)c1ccc2c(c1)Sc1ccccc1N2OC1CCCOC1. The number of nitrogens with zero attached hydrogens (tertiary/aromatic N) is 1. The summed E-state index contributed by atoms with van der Waals surface area (Å²) in [4.78, 5) is 8.49. The van der Waals surface area contributed by atoms with Gasteiger partial charge in [-0.15, -0.1) is 0 Å². The highest BCUT2D eigenvalue weighted by atomic mass is 32.2. The van der Waals surface area contributed by atoms with Crippen molar-refractivity contribution in [1.82, 2.24) is 0 Å². The van der Waals surface area contributed by atoms with E-state index in [1.165, 1.54) is 6.26 Å². The van der Waals surface area contributed by atoms with Crippen LogP contribution in [0.25, 0.3) is 0 Å². The molecule has 0 N–H and O–H groups in total. The highest BCUT2D eigenvalue weighted by molar-refractivity contribution is 7.99. The molecule has 2 aliphatic heterocycles. The van der Waals surface area contributed by atoms with Crippen LogP contribution >= 0.6 is 11.8 Å². The van der Waals surface area contributed by atoms with Crippen molar-refractivity contribution in [3.8, 4) is 0 Å². The third-order valence-electron chi connectivity index (χ3n) is 4.26. The highest BCUT2D eigenvalue weighted by Gasteiger charge is 2.28. The number of anilines is 2. The van der Waals surface area contributed by atoms with E-state index in [2.05, 4.69) is 0 Å². The first-order chi connectivity index (χ1) is 12.0. The van der Waals surface area contributed by atoms with Gasteiger partial charge in [0.2, 0.25) is 0 Å². The topological polar surface area (TPSA) is 55.8 Å². The van der Waals surface area contributed by atoms with Crippen molar-refractivity contribution >= 4 is 33.0 Å². The van der Waals surface area contributed by atoms with Crippen LogP contribution in [0.3, 0.4) is 0 Å². The second-order valence-corrected chi connectivity index (χ2v) is 9.31. The van der Waals surface area contributed by atoms with Crippen LogP contribution in [0.5, 0.6) is 0 Å². The molecule has 0 aromatic heterocycles. The number of hydrogen-bond acceptors (Lipinski definition) is 6.